The van der Waals surface area contributed by atoms with E-state index in [0.717, 1.165) is 31.4 Å². The Balaban J connectivity index is 1.81. The van der Waals surface area contributed by atoms with Crippen molar-refractivity contribution >= 4 is 41.0 Å². The van der Waals surface area contributed by atoms with Crippen LogP contribution >= 0.6 is 11.3 Å². The molecular weight excluding hydrogens is 671 g/mol. The summed E-state index contributed by atoms with van der Waals surface area (Å²) in [5.74, 6) is -3.11. The van der Waals surface area contributed by atoms with E-state index in [1.807, 2.05) is 70.0 Å². The highest BCUT2D eigenvalue weighted by atomic mass is 32.1. The molecule has 1 saturated heterocycles. The van der Waals surface area contributed by atoms with Gasteiger partial charge in [-0.3, -0.25) is 28.9 Å². The lowest BCUT2D eigenvalue weighted by atomic mass is 9.92. The quantitative estimate of drug-likeness (QED) is 0.178. The molecule has 51 heavy (non-hydrogen) atoms. The minimum atomic E-state index is -0.944. The molecular formula is C38H57N5O7S. The molecule has 3 amide bonds. The van der Waals surface area contributed by atoms with Crippen LogP contribution in [-0.2, 0) is 30.3 Å². The first-order valence-corrected chi connectivity index (χ1v) is 19.0. The maximum Gasteiger partial charge on any atom is 0.306 e. The smallest absolute Gasteiger partial charge is 0.306 e. The zero-order chi connectivity index (χ0) is 37.8. The van der Waals surface area contributed by atoms with Crippen LogP contribution < -0.4 is 10.6 Å². The molecule has 0 spiro atoms. The third kappa shape index (κ3) is 12.1. The van der Waals surface area contributed by atoms with E-state index < -0.39 is 48.0 Å². The molecule has 3 rings (SSSR count). The SMILES string of the molecule is CC[C@H](C)[C@H](NC(=O)[C@H]1CCCCN1C)C(=O)N(C)[C@@H](C[C@H](OC(C)=O)c1nc(C(=O)N[C@@H](Cc2ccccc2)C[C@H](C)C(=O)O)cs1)C(C)C. The van der Waals surface area contributed by atoms with Gasteiger partial charge in [0.05, 0.1) is 12.0 Å². The number of nitrogens with one attached hydrogen (secondary N) is 2. The van der Waals surface area contributed by atoms with Gasteiger partial charge in [0.2, 0.25) is 11.8 Å². The fraction of sp³-hybridized carbons (Fsp3) is 0.632. The Hall–Kier alpha value is -3.84. The molecule has 0 aliphatic carbocycles. The van der Waals surface area contributed by atoms with Gasteiger partial charge in [-0.15, -0.1) is 11.3 Å². The summed E-state index contributed by atoms with van der Waals surface area (Å²) < 4.78 is 5.76. The number of carbonyl (C=O) groups is 5. The summed E-state index contributed by atoms with van der Waals surface area (Å²) in [7, 11) is 3.66. The number of benzene rings is 1. The van der Waals surface area contributed by atoms with E-state index in [1.165, 1.54) is 18.3 Å². The molecule has 0 bridgehead atoms. The number of nitrogens with zero attached hydrogens (tertiary/aromatic N) is 3. The van der Waals surface area contributed by atoms with Gasteiger partial charge in [-0.05, 0) is 56.7 Å². The second-order valence-electron chi connectivity index (χ2n) is 14.4. The Kier molecular flexibility index (Phi) is 16.0. The zero-order valence-electron chi connectivity index (χ0n) is 31.4. The second kappa shape index (κ2) is 19.7. The highest BCUT2D eigenvalue weighted by Crippen LogP contribution is 2.31. The summed E-state index contributed by atoms with van der Waals surface area (Å²) in [6.07, 6.45) is 3.53. The second-order valence-corrected chi connectivity index (χ2v) is 15.3. The monoisotopic (exact) mass is 727 g/mol. The van der Waals surface area contributed by atoms with E-state index in [-0.39, 0.29) is 48.2 Å². The number of thiazole rings is 1. The van der Waals surface area contributed by atoms with Crippen molar-refractivity contribution in [2.45, 2.75) is 117 Å². The summed E-state index contributed by atoms with van der Waals surface area (Å²) in [5.41, 5.74) is 1.09. The van der Waals surface area contributed by atoms with Crippen LogP contribution in [0.2, 0.25) is 0 Å². The maximum atomic E-state index is 14.2. The number of carboxylic acids is 1. The lowest BCUT2D eigenvalue weighted by molar-refractivity contribution is -0.149. The van der Waals surface area contributed by atoms with Crippen molar-refractivity contribution in [2.24, 2.45) is 17.8 Å². The third-order valence-electron chi connectivity index (χ3n) is 9.98. The van der Waals surface area contributed by atoms with E-state index in [2.05, 4.69) is 15.6 Å². The Labute approximate surface area is 306 Å². The normalized spacial score (nSPS) is 18.5. The fourth-order valence-corrected chi connectivity index (χ4v) is 7.48. The number of rotatable bonds is 18. The zero-order valence-corrected chi connectivity index (χ0v) is 32.2. The van der Waals surface area contributed by atoms with Crippen LogP contribution in [0.4, 0.5) is 0 Å². The van der Waals surface area contributed by atoms with Gasteiger partial charge in [0.1, 0.15) is 16.7 Å². The van der Waals surface area contributed by atoms with Crippen molar-refractivity contribution in [1.82, 2.24) is 25.4 Å². The molecule has 0 radical (unpaired) electrons. The Morgan fingerprint density at radius 1 is 1.06 bits per heavy atom. The number of amides is 3. The molecule has 0 saturated carbocycles. The molecule has 12 nitrogen and oxygen atoms in total. The van der Waals surface area contributed by atoms with Crippen LogP contribution in [0.15, 0.2) is 35.7 Å². The van der Waals surface area contributed by atoms with E-state index in [4.69, 9.17) is 4.74 Å². The Morgan fingerprint density at radius 2 is 1.75 bits per heavy atom. The molecule has 13 heteroatoms. The standard InChI is InChI=1S/C38H57N5O7S/c1-9-24(4)33(41-35(46)30-17-13-14-18-42(30)7)37(47)43(8)31(23(2)3)21-32(50-26(6)44)36-40-29(22-51-36)34(45)39-28(19-25(5)38(48)49)20-27-15-11-10-12-16-27/h10-12,15-16,22-25,28,30-33H,9,13-14,17-21H2,1-8H3,(H,39,45)(H,41,46)(H,48,49)/t24-,25-,28+,30+,31-,32-,33-/m0/s1. The highest BCUT2D eigenvalue weighted by molar-refractivity contribution is 7.09. The number of aliphatic carboxylic acids is 1. The van der Waals surface area contributed by atoms with Crippen LogP contribution in [0.1, 0.15) is 107 Å². The number of hydrogen-bond acceptors (Lipinski definition) is 9. The topological polar surface area (TPSA) is 158 Å². The van der Waals surface area contributed by atoms with Gasteiger partial charge < -0.3 is 25.4 Å². The molecule has 1 aliphatic rings. The first-order valence-electron chi connectivity index (χ1n) is 18.1. The number of likely N-dealkylation sites (tertiary alicyclic amines) is 1. The fourth-order valence-electron chi connectivity index (χ4n) is 6.64. The van der Waals surface area contributed by atoms with Gasteiger partial charge >= 0.3 is 11.9 Å². The van der Waals surface area contributed by atoms with Crippen LogP contribution in [0.25, 0.3) is 0 Å². The number of likely N-dealkylation sites (N-methyl/N-ethyl adjacent to an activating group) is 2. The van der Waals surface area contributed by atoms with Gasteiger partial charge in [0.25, 0.3) is 5.91 Å². The van der Waals surface area contributed by atoms with Crippen LogP contribution in [0.5, 0.6) is 0 Å². The first-order chi connectivity index (χ1) is 24.1. The Bertz CT molecular complexity index is 1470. The first kappa shape index (κ1) is 41.6. The van der Waals surface area contributed by atoms with Crippen molar-refractivity contribution in [1.29, 1.82) is 0 Å². The van der Waals surface area contributed by atoms with Crippen LogP contribution in [-0.4, -0.2) is 94.4 Å². The van der Waals surface area contributed by atoms with Gasteiger partial charge in [-0.1, -0.05) is 77.8 Å². The highest BCUT2D eigenvalue weighted by Gasteiger charge is 2.37. The van der Waals surface area contributed by atoms with E-state index >= 15 is 0 Å². The number of esters is 1. The van der Waals surface area contributed by atoms with Gasteiger partial charge in [-0.25, -0.2) is 4.98 Å². The molecule has 1 aromatic heterocycles. The molecule has 0 unspecified atom stereocenters. The van der Waals surface area contributed by atoms with Crippen molar-refractivity contribution in [3.8, 4) is 0 Å². The predicted octanol–water partition coefficient (Wildman–Crippen LogP) is 5.09. The molecule has 2 aromatic rings. The molecule has 2 heterocycles. The summed E-state index contributed by atoms with van der Waals surface area (Å²) in [6, 6.07) is 7.68. The number of carboxylic acid groups (broad SMARTS) is 1. The molecule has 7 atom stereocenters. The van der Waals surface area contributed by atoms with Crippen molar-refractivity contribution in [2.75, 3.05) is 20.6 Å². The number of aromatic nitrogens is 1. The largest absolute Gasteiger partial charge is 0.481 e. The van der Waals surface area contributed by atoms with Gasteiger partial charge in [0, 0.05) is 37.9 Å². The van der Waals surface area contributed by atoms with E-state index in [9.17, 15) is 29.1 Å². The molecule has 1 fully saturated rings. The van der Waals surface area contributed by atoms with Crippen LogP contribution in [0, 0.1) is 17.8 Å². The Morgan fingerprint density at radius 3 is 2.33 bits per heavy atom. The third-order valence-corrected chi connectivity index (χ3v) is 10.9. The molecule has 3 N–H and O–H groups in total. The van der Waals surface area contributed by atoms with Crippen LogP contribution in [0.3, 0.4) is 0 Å². The van der Waals surface area contributed by atoms with Crippen molar-refractivity contribution in [3.05, 3.63) is 52.0 Å². The average molecular weight is 728 g/mol. The number of hydrogen-bond donors (Lipinski definition) is 3. The molecule has 282 valence electrons. The summed E-state index contributed by atoms with van der Waals surface area (Å²) in [5, 5.41) is 17.6. The van der Waals surface area contributed by atoms with Crippen molar-refractivity contribution in [3.63, 3.8) is 0 Å². The lowest BCUT2D eigenvalue weighted by Gasteiger charge is -2.38. The van der Waals surface area contributed by atoms with E-state index in [1.54, 1.807) is 24.3 Å². The number of carbonyl (C=O) groups excluding carboxylic acids is 4. The average Bonchev–Trinajstić information content (AvgIpc) is 3.59. The summed E-state index contributed by atoms with van der Waals surface area (Å²) in [4.78, 5) is 73.3. The number of ether oxygens (including phenoxy) is 1. The molecule has 1 aliphatic heterocycles. The van der Waals surface area contributed by atoms with E-state index in [0.29, 0.717) is 17.8 Å². The minimum Gasteiger partial charge on any atom is -0.481 e. The maximum absolute atomic E-state index is 14.2. The summed E-state index contributed by atoms with van der Waals surface area (Å²) in [6.45, 7) is 11.7. The van der Waals surface area contributed by atoms with Gasteiger partial charge in [0.15, 0.2) is 6.10 Å². The molecule has 1 aromatic carbocycles. The lowest BCUT2D eigenvalue weighted by Crippen LogP contribution is -2.58. The van der Waals surface area contributed by atoms with Gasteiger partial charge in [-0.2, -0.15) is 0 Å². The predicted molar refractivity (Wildman–Crippen MR) is 197 cm³/mol. The number of piperidine rings is 1. The summed E-state index contributed by atoms with van der Waals surface area (Å²) >= 11 is 1.18. The minimum absolute atomic E-state index is 0.0486. The van der Waals surface area contributed by atoms with Crippen molar-refractivity contribution < 1.29 is 33.8 Å².